The molecule has 0 radical (unpaired) electrons. The van der Waals surface area contributed by atoms with Gasteiger partial charge >= 0.3 is 0 Å². The van der Waals surface area contributed by atoms with Crippen molar-refractivity contribution in [3.8, 4) is 0 Å². The smallest absolute Gasteiger partial charge is 0.221 e. The number of fused-ring (bicyclic) bond motifs is 1. The van der Waals surface area contributed by atoms with E-state index in [-0.39, 0.29) is 18.1 Å². The SMILES string of the molecule is Cc1cc2cc(CNC(=O)CCS(=O)(=O)N3CCOCC3)ccc2n1C. The van der Waals surface area contributed by atoms with Crippen molar-refractivity contribution in [2.75, 3.05) is 32.1 Å². The van der Waals surface area contributed by atoms with Gasteiger partial charge in [-0.05, 0) is 30.7 Å². The minimum atomic E-state index is -3.40. The molecule has 1 aliphatic heterocycles. The summed E-state index contributed by atoms with van der Waals surface area (Å²) < 4.78 is 33.1. The number of hydrogen-bond donors (Lipinski definition) is 1. The Morgan fingerprint density at radius 3 is 2.69 bits per heavy atom. The number of sulfonamides is 1. The third-order valence-electron chi connectivity index (χ3n) is 4.79. The van der Waals surface area contributed by atoms with Crippen LogP contribution in [-0.2, 0) is 33.1 Å². The summed E-state index contributed by atoms with van der Waals surface area (Å²) in [6.07, 6.45) is -0.0353. The van der Waals surface area contributed by atoms with E-state index in [1.165, 1.54) is 10.00 Å². The molecule has 142 valence electrons. The molecule has 0 atom stereocenters. The summed E-state index contributed by atoms with van der Waals surface area (Å²) in [6, 6.07) is 8.17. The maximum absolute atomic E-state index is 12.2. The molecular weight excluding hydrogens is 354 g/mol. The summed E-state index contributed by atoms with van der Waals surface area (Å²) in [5.74, 6) is -0.429. The molecule has 1 aromatic carbocycles. The molecular formula is C18H25N3O4S. The molecule has 0 saturated carbocycles. The molecule has 7 nitrogen and oxygen atoms in total. The third-order valence-corrected chi connectivity index (χ3v) is 6.66. The van der Waals surface area contributed by atoms with Crippen molar-refractivity contribution in [3.63, 3.8) is 0 Å². The fourth-order valence-electron chi connectivity index (χ4n) is 3.11. The van der Waals surface area contributed by atoms with E-state index in [4.69, 9.17) is 4.74 Å². The van der Waals surface area contributed by atoms with Crippen LogP contribution in [0.15, 0.2) is 24.3 Å². The number of amides is 1. The van der Waals surface area contributed by atoms with Gasteiger partial charge in [0.15, 0.2) is 0 Å². The molecule has 8 heteroatoms. The molecule has 1 saturated heterocycles. The first-order valence-corrected chi connectivity index (χ1v) is 10.3. The van der Waals surface area contributed by atoms with Crippen molar-refractivity contribution in [2.24, 2.45) is 7.05 Å². The summed E-state index contributed by atoms with van der Waals surface area (Å²) in [4.78, 5) is 12.0. The van der Waals surface area contributed by atoms with Crippen molar-refractivity contribution in [1.82, 2.24) is 14.2 Å². The van der Waals surface area contributed by atoms with Crippen LogP contribution >= 0.6 is 0 Å². The van der Waals surface area contributed by atoms with Gasteiger partial charge < -0.3 is 14.6 Å². The van der Waals surface area contributed by atoms with Crippen LogP contribution in [0.2, 0.25) is 0 Å². The van der Waals surface area contributed by atoms with E-state index in [1.807, 2.05) is 25.2 Å². The molecule has 2 aromatic rings. The highest BCUT2D eigenvalue weighted by Gasteiger charge is 2.24. The van der Waals surface area contributed by atoms with E-state index in [2.05, 4.69) is 22.9 Å². The number of nitrogens with zero attached hydrogens (tertiary/aromatic N) is 2. The number of ether oxygens (including phenoxy) is 1. The fourth-order valence-corrected chi connectivity index (χ4v) is 4.52. The normalized spacial score (nSPS) is 16.1. The van der Waals surface area contributed by atoms with Crippen molar-refractivity contribution in [3.05, 3.63) is 35.5 Å². The first-order valence-electron chi connectivity index (χ1n) is 8.74. The number of carbonyl (C=O) groups excluding carboxylic acids is 1. The molecule has 26 heavy (non-hydrogen) atoms. The summed E-state index contributed by atoms with van der Waals surface area (Å²) >= 11 is 0. The number of carbonyl (C=O) groups is 1. The van der Waals surface area contributed by atoms with Gasteiger partial charge in [-0.3, -0.25) is 4.79 Å². The van der Waals surface area contributed by atoms with Crippen LogP contribution in [0.1, 0.15) is 17.7 Å². The highest BCUT2D eigenvalue weighted by molar-refractivity contribution is 7.89. The zero-order chi connectivity index (χ0) is 18.7. The molecule has 1 amide bonds. The quantitative estimate of drug-likeness (QED) is 0.817. The van der Waals surface area contributed by atoms with Gasteiger partial charge in [0, 0.05) is 49.7 Å². The Balaban J connectivity index is 1.52. The van der Waals surface area contributed by atoms with Gasteiger partial charge in [0.05, 0.1) is 19.0 Å². The number of aromatic nitrogens is 1. The number of hydrogen-bond acceptors (Lipinski definition) is 4. The fraction of sp³-hybridized carbons (Fsp3) is 0.500. The number of morpholine rings is 1. The van der Waals surface area contributed by atoms with Crippen LogP contribution in [0.3, 0.4) is 0 Å². The summed E-state index contributed by atoms with van der Waals surface area (Å²) in [5.41, 5.74) is 3.32. The molecule has 1 fully saturated rings. The molecule has 0 aliphatic carbocycles. The highest BCUT2D eigenvalue weighted by Crippen LogP contribution is 2.19. The van der Waals surface area contributed by atoms with E-state index >= 15 is 0 Å². The Kier molecular flexibility index (Phi) is 5.64. The minimum absolute atomic E-state index is 0.0353. The highest BCUT2D eigenvalue weighted by atomic mass is 32.2. The topological polar surface area (TPSA) is 80.6 Å². The molecule has 1 N–H and O–H groups in total. The minimum Gasteiger partial charge on any atom is -0.379 e. The lowest BCUT2D eigenvalue weighted by Gasteiger charge is -2.25. The Morgan fingerprint density at radius 1 is 1.23 bits per heavy atom. The Labute approximate surface area is 154 Å². The van der Waals surface area contributed by atoms with Crippen LogP contribution in [0.4, 0.5) is 0 Å². The lowest BCUT2D eigenvalue weighted by molar-refractivity contribution is -0.120. The number of nitrogens with one attached hydrogen (secondary N) is 1. The Hall–Kier alpha value is -1.90. The monoisotopic (exact) mass is 379 g/mol. The third kappa shape index (κ3) is 4.25. The van der Waals surface area contributed by atoms with Crippen LogP contribution in [0.5, 0.6) is 0 Å². The zero-order valence-electron chi connectivity index (χ0n) is 15.2. The van der Waals surface area contributed by atoms with E-state index in [0.29, 0.717) is 32.8 Å². The predicted molar refractivity (Wildman–Crippen MR) is 100 cm³/mol. The first-order chi connectivity index (χ1) is 12.4. The second-order valence-corrected chi connectivity index (χ2v) is 8.68. The average Bonchev–Trinajstić information content (AvgIpc) is 2.92. The predicted octanol–water partition coefficient (Wildman–Crippen LogP) is 1.16. The van der Waals surface area contributed by atoms with Gasteiger partial charge in [-0.15, -0.1) is 0 Å². The first kappa shape index (κ1) is 18.9. The molecule has 0 unspecified atom stereocenters. The molecule has 1 aromatic heterocycles. The molecule has 0 spiro atoms. The van der Waals surface area contributed by atoms with Gasteiger partial charge in [-0.1, -0.05) is 6.07 Å². The second-order valence-electron chi connectivity index (χ2n) is 6.59. The summed E-state index contributed by atoms with van der Waals surface area (Å²) in [7, 11) is -1.38. The van der Waals surface area contributed by atoms with Gasteiger partial charge in [0.2, 0.25) is 15.9 Å². The van der Waals surface area contributed by atoms with Gasteiger partial charge in [0.25, 0.3) is 0 Å². The number of benzene rings is 1. The van der Waals surface area contributed by atoms with Gasteiger partial charge in [0.1, 0.15) is 0 Å². The van der Waals surface area contributed by atoms with Crippen molar-refractivity contribution in [2.45, 2.75) is 19.9 Å². The second kappa shape index (κ2) is 7.77. The van der Waals surface area contributed by atoms with Crippen LogP contribution < -0.4 is 5.32 Å². The van der Waals surface area contributed by atoms with E-state index in [0.717, 1.165) is 16.5 Å². The van der Waals surface area contributed by atoms with Crippen LogP contribution in [0, 0.1) is 6.92 Å². The van der Waals surface area contributed by atoms with E-state index < -0.39 is 10.0 Å². The maximum atomic E-state index is 12.2. The van der Waals surface area contributed by atoms with Crippen molar-refractivity contribution in [1.29, 1.82) is 0 Å². The van der Waals surface area contributed by atoms with Crippen LogP contribution in [-0.4, -0.2) is 55.3 Å². The Morgan fingerprint density at radius 2 is 1.96 bits per heavy atom. The lowest BCUT2D eigenvalue weighted by atomic mass is 10.1. The van der Waals surface area contributed by atoms with Gasteiger partial charge in [-0.25, -0.2) is 8.42 Å². The zero-order valence-corrected chi connectivity index (χ0v) is 16.0. The number of rotatable bonds is 6. The molecule has 2 heterocycles. The molecule has 3 rings (SSSR count). The average molecular weight is 379 g/mol. The lowest BCUT2D eigenvalue weighted by Crippen LogP contribution is -2.42. The maximum Gasteiger partial charge on any atom is 0.221 e. The summed E-state index contributed by atoms with van der Waals surface area (Å²) in [5, 5.41) is 3.94. The summed E-state index contributed by atoms with van der Waals surface area (Å²) in [6.45, 7) is 3.98. The van der Waals surface area contributed by atoms with Crippen molar-refractivity contribution < 1.29 is 17.9 Å². The van der Waals surface area contributed by atoms with Crippen molar-refractivity contribution >= 4 is 26.8 Å². The number of aryl methyl sites for hydroxylation is 2. The molecule has 0 bridgehead atoms. The standard InChI is InChI=1S/C18H25N3O4S/c1-14-11-16-12-15(3-4-17(16)20(14)2)13-19-18(22)5-10-26(23,24)21-6-8-25-9-7-21/h3-4,11-12H,5-10,13H2,1-2H3,(H,19,22). The largest absolute Gasteiger partial charge is 0.379 e. The molecule has 1 aliphatic rings. The van der Waals surface area contributed by atoms with E-state index in [9.17, 15) is 13.2 Å². The van der Waals surface area contributed by atoms with E-state index in [1.54, 1.807) is 0 Å². The van der Waals surface area contributed by atoms with Crippen LogP contribution in [0.25, 0.3) is 10.9 Å². The Bertz CT molecular complexity index is 899. The van der Waals surface area contributed by atoms with Gasteiger partial charge in [-0.2, -0.15) is 4.31 Å².